The summed E-state index contributed by atoms with van der Waals surface area (Å²) in [5.74, 6) is 0. The first kappa shape index (κ1) is 11.5. The van der Waals surface area contributed by atoms with Crippen molar-refractivity contribution in [2.24, 2.45) is 5.16 Å². The van der Waals surface area contributed by atoms with Crippen molar-refractivity contribution in [3.8, 4) is 0 Å². The van der Waals surface area contributed by atoms with E-state index in [2.05, 4.69) is 31.1 Å². The topological polar surface area (TPSA) is 21.6 Å². The highest BCUT2D eigenvalue weighted by Gasteiger charge is 2.33. The molecule has 0 aliphatic carbocycles. The van der Waals surface area contributed by atoms with Crippen LogP contribution in [0.25, 0.3) is 0 Å². The molecule has 1 heterocycles. The third kappa shape index (κ3) is 2.79. The molecule has 3 heteroatoms. The molecule has 0 spiro atoms. The molecule has 86 valence electrons. The molecule has 1 aliphatic rings. The van der Waals surface area contributed by atoms with Crippen LogP contribution in [-0.2, 0) is 4.84 Å². The van der Waals surface area contributed by atoms with Gasteiger partial charge in [0.05, 0.1) is 0 Å². The molecule has 1 aromatic rings. The Labute approximate surface area is 101 Å². The summed E-state index contributed by atoms with van der Waals surface area (Å²) in [5, 5.41) is 5.27. The smallest absolute Gasteiger partial charge is 0.141 e. The molecule has 0 fully saturated rings. The fourth-order valence-electron chi connectivity index (χ4n) is 1.89. The van der Waals surface area contributed by atoms with E-state index in [0.717, 1.165) is 24.3 Å². The van der Waals surface area contributed by atoms with Gasteiger partial charge in [-0.05, 0) is 25.5 Å². The lowest BCUT2D eigenvalue weighted by molar-refractivity contribution is -0.0102. The molecule has 0 radical (unpaired) electrons. The number of rotatable bonds is 3. The first-order chi connectivity index (χ1) is 7.72. The van der Waals surface area contributed by atoms with Gasteiger partial charge in [-0.3, -0.25) is 0 Å². The van der Waals surface area contributed by atoms with Gasteiger partial charge in [0.25, 0.3) is 0 Å². The SMILES string of the molecule is CCCC1(C)CC(Sc2ccccc2)=NO1. The van der Waals surface area contributed by atoms with Crippen LogP contribution >= 0.6 is 11.8 Å². The maximum Gasteiger partial charge on any atom is 0.141 e. The van der Waals surface area contributed by atoms with Gasteiger partial charge in [-0.25, -0.2) is 0 Å². The number of nitrogens with zero attached hydrogens (tertiary/aromatic N) is 1. The van der Waals surface area contributed by atoms with Crippen LogP contribution in [0.4, 0.5) is 0 Å². The zero-order valence-corrected chi connectivity index (χ0v) is 10.6. The molecule has 0 saturated carbocycles. The van der Waals surface area contributed by atoms with Gasteiger partial charge in [0.15, 0.2) is 0 Å². The van der Waals surface area contributed by atoms with Crippen LogP contribution in [0, 0.1) is 0 Å². The van der Waals surface area contributed by atoms with E-state index in [1.54, 1.807) is 11.8 Å². The normalized spacial score (nSPS) is 24.0. The van der Waals surface area contributed by atoms with E-state index in [0.29, 0.717) is 0 Å². The van der Waals surface area contributed by atoms with Crippen LogP contribution < -0.4 is 0 Å². The Balaban J connectivity index is 1.94. The first-order valence-electron chi connectivity index (χ1n) is 5.70. The van der Waals surface area contributed by atoms with Gasteiger partial charge < -0.3 is 4.84 Å². The van der Waals surface area contributed by atoms with E-state index in [4.69, 9.17) is 4.84 Å². The molecular weight excluding hydrogens is 218 g/mol. The van der Waals surface area contributed by atoms with Gasteiger partial charge in [-0.2, -0.15) is 0 Å². The number of hydrogen-bond acceptors (Lipinski definition) is 3. The minimum atomic E-state index is -0.0775. The van der Waals surface area contributed by atoms with E-state index in [9.17, 15) is 0 Å². The fourth-order valence-corrected chi connectivity index (χ4v) is 2.91. The van der Waals surface area contributed by atoms with E-state index in [1.165, 1.54) is 4.90 Å². The third-order valence-corrected chi connectivity index (χ3v) is 3.61. The summed E-state index contributed by atoms with van der Waals surface area (Å²) in [4.78, 5) is 6.76. The third-order valence-electron chi connectivity index (χ3n) is 2.65. The Morgan fingerprint density at radius 3 is 2.81 bits per heavy atom. The van der Waals surface area contributed by atoms with Crippen LogP contribution in [-0.4, -0.2) is 10.6 Å². The lowest BCUT2D eigenvalue weighted by atomic mass is 9.98. The lowest BCUT2D eigenvalue weighted by Gasteiger charge is -2.19. The Morgan fingerprint density at radius 1 is 1.38 bits per heavy atom. The van der Waals surface area contributed by atoms with Crippen LogP contribution in [0.5, 0.6) is 0 Å². The molecule has 16 heavy (non-hydrogen) atoms. The predicted octanol–water partition coefficient (Wildman–Crippen LogP) is 4.07. The monoisotopic (exact) mass is 235 g/mol. The van der Waals surface area contributed by atoms with Crippen molar-refractivity contribution < 1.29 is 4.84 Å². The van der Waals surface area contributed by atoms with Crippen molar-refractivity contribution in [2.75, 3.05) is 0 Å². The molecule has 0 saturated heterocycles. The van der Waals surface area contributed by atoms with Gasteiger partial charge in [0.2, 0.25) is 0 Å². The van der Waals surface area contributed by atoms with Gasteiger partial charge in [0.1, 0.15) is 10.6 Å². The zero-order chi connectivity index (χ0) is 11.4. The number of oxime groups is 1. The molecule has 1 aromatic carbocycles. The van der Waals surface area contributed by atoms with Gasteiger partial charge in [0, 0.05) is 11.3 Å². The lowest BCUT2D eigenvalue weighted by Crippen LogP contribution is -2.23. The summed E-state index contributed by atoms with van der Waals surface area (Å²) >= 11 is 1.70. The van der Waals surface area contributed by atoms with E-state index >= 15 is 0 Å². The average Bonchev–Trinajstić information content (AvgIpc) is 2.62. The van der Waals surface area contributed by atoms with Crippen molar-refractivity contribution in [1.29, 1.82) is 0 Å². The van der Waals surface area contributed by atoms with Crippen LogP contribution in [0.15, 0.2) is 40.4 Å². The van der Waals surface area contributed by atoms with Crippen molar-refractivity contribution in [1.82, 2.24) is 0 Å². The Bertz CT molecular complexity index is 377. The average molecular weight is 235 g/mol. The molecule has 1 unspecified atom stereocenters. The highest BCUT2D eigenvalue weighted by molar-refractivity contribution is 8.14. The summed E-state index contributed by atoms with van der Waals surface area (Å²) in [6.45, 7) is 4.31. The van der Waals surface area contributed by atoms with Crippen molar-refractivity contribution in [3.05, 3.63) is 30.3 Å². The predicted molar refractivity (Wildman–Crippen MR) is 68.7 cm³/mol. The first-order valence-corrected chi connectivity index (χ1v) is 6.51. The second-order valence-corrected chi connectivity index (χ2v) is 5.51. The molecule has 2 nitrogen and oxygen atoms in total. The minimum absolute atomic E-state index is 0.0775. The molecule has 1 atom stereocenters. The van der Waals surface area contributed by atoms with Crippen LogP contribution in [0.3, 0.4) is 0 Å². The summed E-state index contributed by atoms with van der Waals surface area (Å²) in [6, 6.07) is 10.3. The zero-order valence-electron chi connectivity index (χ0n) is 9.77. The Kier molecular flexibility index (Phi) is 3.54. The molecule has 1 aliphatic heterocycles. The quantitative estimate of drug-likeness (QED) is 0.787. The second-order valence-electron chi connectivity index (χ2n) is 4.37. The summed E-state index contributed by atoms with van der Waals surface area (Å²) in [7, 11) is 0. The van der Waals surface area contributed by atoms with Crippen molar-refractivity contribution >= 4 is 16.8 Å². The Morgan fingerprint density at radius 2 is 2.12 bits per heavy atom. The molecule has 0 N–H and O–H groups in total. The van der Waals surface area contributed by atoms with Gasteiger partial charge in [-0.1, -0.05) is 48.5 Å². The van der Waals surface area contributed by atoms with Crippen LogP contribution in [0.2, 0.25) is 0 Å². The maximum atomic E-state index is 5.53. The van der Waals surface area contributed by atoms with E-state index < -0.39 is 0 Å². The molecular formula is C13H17NOS. The molecule has 0 bridgehead atoms. The van der Waals surface area contributed by atoms with Gasteiger partial charge >= 0.3 is 0 Å². The highest BCUT2D eigenvalue weighted by atomic mass is 32.2. The van der Waals surface area contributed by atoms with E-state index in [-0.39, 0.29) is 5.60 Å². The van der Waals surface area contributed by atoms with Gasteiger partial charge in [-0.15, -0.1) is 0 Å². The summed E-state index contributed by atoms with van der Waals surface area (Å²) in [6.07, 6.45) is 3.13. The number of hydrogen-bond donors (Lipinski definition) is 0. The fraction of sp³-hybridized carbons (Fsp3) is 0.462. The standard InChI is InChI=1S/C13H17NOS/c1-3-9-13(2)10-12(14-15-13)16-11-7-5-4-6-8-11/h4-8H,3,9-10H2,1-2H3. The van der Waals surface area contributed by atoms with Crippen LogP contribution in [0.1, 0.15) is 33.1 Å². The van der Waals surface area contributed by atoms with Crippen molar-refractivity contribution in [3.63, 3.8) is 0 Å². The largest absolute Gasteiger partial charge is 0.388 e. The number of benzene rings is 1. The summed E-state index contributed by atoms with van der Waals surface area (Å²) < 4.78 is 0. The maximum absolute atomic E-state index is 5.53. The summed E-state index contributed by atoms with van der Waals surface area (Å²) in [5.41, 5.74) is -0.0775. The Hall–Kier alpha value is -0.960. The molecule has 2 rings (SSSR count). The van der Waals surface area contributed by atoms with E-state index in [1.807, 2.05) is 18.2 Å². The minimum Gasteiger partial charge on any atom is -0.388 e. The number of thioether (sulfide) groups is 1. The highest BCUT2D eigenvalue weighted by Crippen LogP contribution is 2.34. The molecule has 0 aromatic heterocycles. The van der Waals surface area contributed by atoms with Crippen molar-refractivity contribution in [2.45, 2.75) is 43.6 Å². The second kappa shape index (κ2) is 4.91. The molecule has 0 amide bonds.